The van der Waals surface area contributed by atoms with Gasteiger partial charge in [-0.3, -0.25) is 4.79 Å². The number of hydrogen-bond acceptors (Lipinski definition) is 3. The second-order valence-electron chi connectivity index (χ2n) is 9.42. The third-order valence-electron chi connectivity index (χ3n) is 7.14. The predicted molar refractivity (Wildman–Crippen MR) is 144 cm³/mol. The van der Waals surface area contributed by atoms with Crippen LogP contribution in [0.5, 0.6) is 11.5 Å². The van der Waals surface area contributed by atoms with Crippen LogP contribution < -0.4 is 9.47 Å². The van der Waals surface area contributed by atoms with Crippen LogP contribution >= 0.6 is 0 Å². The topological polar surface area (TPSA) is 43.7 Å². The van der Waals surface area contributed by atoms with Gasteiger partial charge in [-0.15, -0.1) is 0 Å². The van der Waals surface area contributed by atoms with Crippen LogP contribution in [0.3, 0.4) is 0 Å². The van der Waals surface area contributed by atoms with Crippen LogP contribution in [-0.2, 0) is 11.3 Å². The van der Waals surface area contributed by atoms with Crippen molar-refractivity contribution in [2.75, 3.05) is 26.8 Å². The van der Waals surface area contributed by atoms with Gasteiger partial charge in [-0.1, -0.05) is 42.5 Å². The molecule has 5 rings (SSSR count). The van der Waals surface area contributed by atoms with Crippen LogP contribution in [0.1, 0.15) is 48.8 Å². The minimum Gasteiger partial charge on any atom is -0.497 e. The summed E-state index contributed by atoms with van der Waals surface area (Å²) in [6, 6.07) is 25.0. The molecule has 1 aromatic heterocycles. The number of aromatic nitrogens is 1. The highest BCUT2D eigenvalue weighted by Crippen LogP contribution is 2.36. The molecule has 1 atom stereocenters. The molecule has 186 valence electrons. The van der Waals surface area contributed by atoms with Crippen molar-refractivity contribution in [1.29, 1.82) is 0 Å². The molecule has 5 nitrogen and oxygen atoms in total. The smallest absolute Gasteiger partial charge is 0.223 e. The molecule has 0 spiro atoms. The first-order chi connectivity index (χ1) is 17.7. The Bertz CT molecular complexity index is 1300. The SMILES string of the molecule is CCOc1ccc([C@@H](CC(=O)N2CCCC2)c2cn(Cc3ccc(OC)cc3)c3ccccc23)cc1. The molecular formula is C31H34N2O3. The van der Waals surface area contributed by atoms with E-state index in [0.29, 0.717) is 13.0 Å². The highest BCUT2D eigenvalue weighted by atomic mass is 16.5. The van der Waals surface area contributed by atoms with Crippen molar-refractivity contribution < 1.29 is 14.3 Å². The number of methoxy groups -OCH3 is 1. The minimum absolute atomic E-state index is 0.0317. The number of amides is 1. The molecule has 0 aliphatic carbocycles. The van der Waals surface area contributed by atoms with Crippen LogP contribution in [0.4, 0.5) is 0 Å². The lowest BCUT2D eigenvalue weighted by molar-refractivity contribution is -0.130. The summed E-state index contributed by atoms with van der Waals surface area (Å²) in [5.41, 5.74) is 4.70. The largest absolute Gasteiger partial charge is 0.497 e. The number of ether oxygens (including phenoxy) is 2. The molecule has 1 saturated heterocycles. The highest BCUT2D eigenvalue weighted by Gasteiger charge is 2.26. The quantitative estimate of drug-likeness (QED) is 0.284. The van der Waals surface area contributed by atoms with Gasteiger partial charge in [-0.25, -0.2) is 0 Å². The number of hydrogen-bond donors (Lipinski definition) is 0. The van der Waals surface area contributed by atoms with Gasteiger partial charge in [0.05, 0.1) is 13.7 Å². The average molecular weight is 483 g/mol. The Morgan fingerprint density at radius 2 is 1.61 bits per heavy atom. The zero-order chi connectivity index (χ0) is 24.9. The Balaban J connectivity index is 1.53. The van der Waals surface area contributed by atoms with E-state index in [-0.39, 0.29) is 11.8 Å². The van der Waals surface area contributed by atoms with Crippen LogP contribution in [0, 0.1) is 0 Å². The molecule has 1 amide bonds. The van der Waals surface area contributed by atoms with E-state index in [0.717, 1.165) is 49.5 Å². The number of fused-ring (bicyclic) bond motifs is 1. The zero-order valence-electron chi connectivity index (χ0n) is 21.2. The highest BCUT2D eigenvalue weighted by molar-refractivity contribution is 5.87. The van der Waals surface area contributed by atoms with Crippen LogP contribution in [0.15, 0.2) is 79.0 Å². The summed E-state index contributed by atoms with van der Waals surface area (Å²) in [4.78, 5) is 15.4. The van der Waals surface area contributed by atoms with Gasteiger partial charge in [0.15, 0.2) is 0 Å². The van der Waals surface area contributed by atoms with E-state index in [4.69, 9.17) is 9.47 Å². The molecule has 5 heteroatoms. The maximum atomic E-state index is 13.3. The summed E-state index contributed by atoms with van der Waals surface area (Å²) in [6.45, 7) is 5.11. The number of para-hydroxylation sites is 1. The van der Waals surface area contributed by atoms with E-state index in [1.54, 1.807) is 7.11 Å². The van der Waals surface area contributed by atoms with Gasteiger partial charge in [0.25, 0.3) is 0 Å². The van der Waals surface area contributed by atoms with Crippen LogP contribution in [0.2, 0.25) is 0 Å². The van der Waals surface area contributed by atoms with E-state index >= 15 is 0 Å². The molecular weight excluding hydrogens is 448 g/mol. The fourth-order valence-electron chi connectivity index (χ4n) is 5.25. The summed E-state index contributed by atoms with van der Waals surface area (Å²) < 4.78 is 13.3. The lowest BCUT2D eigenvalue weighted by atomic mass is 9.87. The van der Waals surface area contributed by atoms with Crippen molar-refractivity contribution in [3.63, 3.8) is 0 Å². The molecule has 1 aliphatic heterocycles. The Labute approximate surface area is 213 Å². The normalized spacial score (nSPS) is 14.2. The lowest BCUT2D eigenvalue weighted by Gasteiger charge is -2.22. The second-order valence-corrected chi connectivity index (χ2v) is 9.42. The fourth-order valence-corrected chi connectivity index (χ4v) is 5.25. The monoisotopic (exact) mass is 482 g/mol. The number of likely N-dealkylation sites (tertiary alicyclic amines) is 1. The van der Waals surface area contributed by atoms with E-state index in [9.17, 15) is 4.79 Å². The second kappa shape index (κ2) is 10.9. The first-order valence-corrected chi connectivity index (χ1v) is 12.9. The Kier molecular flexibility index (Phi) is 7.26. The Morgan fingerprint density at radius 3 is 2.31 bits per heavy atom. The van der Waals surface area contributed by atoms with Crippen molar-refractivity contribution in [3.05, 3.63) is 95.7 Å². The fraction of sp³-hybridized carbons (Fsp3) is 0.323. The first-order valence-electron chi connectivity index (χ1n) is 12.9. The predicted octanol–water partition coefficient (Wildman–Crippen LogP) is 6.24. The number of benzene rings is 3. The number of rotatable bonds is 9. The summed E-state index contributed by atoms with van der Waals surface area (Å²) in [5.74, 6) is 1.91. The van der Waals surface area contributed by atoms with Crippen LogP contribution in [0.25, 0.3) is 10.9 Å². The van der Waals surface area contributed by atoms with Gasteiger partial charge in [0, 0.05) is 49.1 Å². The standard InChI is InChI=1S/C31H34N2O3/c1-3-36-26-16-12-24(13-17-26)28(20-31(34)32-18-6-7-19-32)29-22-33(30-9-5-4-8-27(29)30)21-23-10-14-25(35-2)15-11-23/h4-5,8-17,22,28H,3,6-7,18-21H2,1-2H3/t28-/m1/s1. The lowest BCUT2D eigenvalue weighted by Crippen LogP contribution is -2.29. The third kappa shape index (κ3) is 5.11. The molecule has 3 aromatic carbocycles. The molecule has 0 saturated carbocycles. The third-order valence-corrected chi connectivity index (χ3v) is 7.14. The van der Waals surface area contributed by atoms with Crippen molar-refractivity contribution in [2.24, 2.45) is 0 Å². The molecule has 4 aromatic rings. The average Bonchev–Trinajstić information content (AvgIpc) is 3.58. The Hall–Kier alpha value is -3.73. The van der Waals surface area contributed by atoms with Crippen LogP contribution in [-0.4, -0.2) is 42.2 Å². The number of carbonyl (C=O) groups is 1. The first kappa shape index (κ1) is 24.0. The molecule has 0 bridgehead atoms. The molecule has 0 radical (unpaired) electrons. The van der Waals surface area contributed by atoms with E-state index in [1.807, 2.05) is 36.1 Å². The molecule has 36 heavy (non-hydrogen) atoms. The van der Waals surface area contributed by atoms with Crippen molar-refractivity contribution in [2.45, 2.75) is 38.6 Å². The summed E-state index contributed by atoms with van der Waals surface area (Å²) in [5, 5.41) is 1.19. The molecule has 0 N–H and O–H groups in total. The summed E-state index contributed by atoms with van der Waals surface area (Å²) >= 11 is 0. The van der Waals surface area contributed by atoms with Gasteiger partial charge in [-0.05, 0) is 66.8 Å². The van der Waals surface area contributed by atoms with E-state index in [2.05, 4.69) is 59.3 Å². The van der Waals surface area contributed by atoms with Gasteiger partial charge < -0.3 is 18.9 Å². The van der Waals surface area contributed by atoms with Crippen molar-refractivity contribution >= 4 is 16.8 Å². The van der Waals surface area contributed by atoms with Gasteiger partial charge in [-0.2, -0.15) is 0 Å². The van der Waals surface area contributed by atoms with Crippen molar-refractivity contribution in [1.82, 2.24) is 9.47 Å². The van der Waals surface area contributed by atoms with Gasteiger partial charge >= 0.3 is 0 Å². The van der Waals surface area contributed by atoms with Gasteiger partial charge in [0.1, 0.15) is 11.5 Å². The van der Waals surface area contributed by atoms with Gasteiger partial charge in [0.2, 0.25) is 5.91 Å². The molecule has 1 aliphatic rings. The Morgan fingerprint density at radius 1 is 0.917 bits per heavy atom. The number of nitrogens with zero attached hydrogens (tertiary/aromatic N) is 2. The summed E-state index contributed by atoms with van der Waals surface area (Å²) in [6.07, 6.45) is 4.90. The molecule has 0 unspecified atom stereocenters. The minimum atomic E-state index is -0.0317. The zero-order valence-corrected chi connectivity index (χ0v) is 21.2. The maximum Gasteiger partial charge on any atom is 0.223 e. The summed E-state index contributed by atoms with van der Waals surface area (Å²) in [7, 11) is 1.69. The maximum absolute atomic E-state index is 13.3. The van der Waals surface area contributed by atoms with Crippen molar-refractivity contribution in [3.8, 4) is 11.5 Å². The molecule has 2 heterocycles. The molecule has 1 fully saturated rings. The van der Waals surface area contributed by atoms with E-state index in [1.165, 1.54) is 22.0 Å². The van der Waals surface area contributed by atoms with E-state index < -0.39 is 0 Å². The number of carbonyl (C=O) groups excluding carboxylic acids is 1.